The van der Waals surface area contributed by atoms with Gasteiger partial charge in [0.25, 0.3) is 5.82 Å². The first-order chi connectivity index (χ1) is 17.0. The summed E-state index contributed by atoms with van der Waals surface area (Å²) in [5, 5.41) is 0. The Labute approximate surface area is 214 Å². The van der Waals surface area contributed by atoms with Crippen molar-refractivity contribution in [3.8, 4) is 17.1 Å². The Hall–Kier alpha value is -3.40. The number of hydrogen-bond donors (Lipinski definition) is 0. The van der Waals surface area contributed by atoms with Crippen LogP contribution in [-0.4, -0.2) is 9.55 Å². The van der Waals surface area contributed by atoms with Crippen LogP contribution < -0.4 is 4.57 Å². The molecule has 0 bridgehead atoms. The number of benzene rings is 3. The van der Waals surface area contributed by atoms with Crippen molar-refractivity contribution in [2.75, 3.05) is 0 Å². The van der Waals surface area contributed by atoms with Crippen molar-refractivity contribution in [2.24, 2.45) is 7.05 Å². The van der Waals surface area contributed by atoms with Crippen LogP contribution in [0, 0.1) is 6.92 Å². The lowest BCUT2D eigenvalue weighted by atomic mass is 9.92. The highest BCUT2D eigenvalue weighted by molar-refractivity contribution is 5.92. The van der Waals surface area contributed by atoms with Crippen LogP contribution in [0.2, 0.25) is 0 Å². The smallest absolute Gasteiger partial charge is 0.299 e. The van der Waals surface area contributed by atoms with Crippen LogP contribution in [0.15, 0.2) is 59.0 Å². The van der Waals surface area contributed by atoms with Gasteiger partial charge in [-0.1, -0.05) is 84.9 Å². The van der Waals surface area contributed by atoms with Gasteiger partial charge in [-0.05, 0) is 42.5 Å². The molecule has 0 spiro atoms. The van der Waals surface area contributed by atoms with E-state index >= 15 is 0 Å². The summed E-state index contributed by atoms with van der Waals surface area (Å²) in [4.78, 5) is 4.90. The van der Waals surface area contributed by atoms with E-state index in [2.05, 4.69) is 126 Å². The summed E-state index contributed by atoms with van der Waals surface area (Å²) < 4.78 is 11.3. The molecule has 0 N–H and O–H groups in total. The van der Waals surface area contributed by atoms with E-state index in [1.165, 1.54) is 33.4 Å². The predicted octanol–water partition coefficient (Wildman–Crippen LogP) is 8.12. The molecule has 186 valence electrons. The summed E-state index contributed by atoms with van der Waals surface area (Å²) in [6, 6.07) is 19.7. The van der Waals surface area contributed by atoms with E-state index in [9.17, 15) is 0 Å². The van der Waals surface area contributed by atoms with Crippen molar-refractivity contribution in [1.29, 1.82) is 0 Å². The largest absolute Gasteiger partial charge is 0.439 e. The molecule has 0 aliphatic heterocycles. The molecule has 0 fully saturated rings. The number of fused-ring (bicyclic) bond motifs is 2. The maximum Gasteiger partial charge on any atom is 0.299 e. The zero-order valence-electron chi connectivity index (χ0n) is 23.1. The molecule has 0 unspecified atom stereocenters. The van der Waals surface area contributed by atoms with E-state index < -0.39 is 0 Å². The summed E-state index contributed by atoms with van der Waals surface area (Å²) in [7, 11) is 2.17. The predicted molar refractivity (Wildman–Crippen MR) is 149 cm³/mol. The van der Waals surface area contributed by atoms with Crippen molar-refractivity contribution in [3.63, 3.8) is 0 Å². The van der Waals surface area contributed by atoms with Crippen LogP contribution in [0.1, 0.15) is 82.9 Å². The van der Waals surface area contributed by atoms with E-state index in [1.54, 1.807) is 0 Å². The third-order valence-electron chi connectivity index (χ3n) is 7.21. The second kappa shape index (κ2) is 8.62. The average molecular weight is 481 g/mol. The molecule has 0 aliphatic rings. The Bertz CT molecular complexity index is 1570. The lowest BCUT2D eigenvalue weighted by molar-refractivity contribution is -0.633. The molecule has 0 saturated heterocycles. The molecule has 3 aromatic carbocycles. The Morgan fingerprint density at radius 3 is 2.11 bits per heavy atom. The molecule has 0 aliphatic carbocycles. The molecule has 0 amide bonds. The van der Waals surface area contributed by atoms with E-state index in [1.807, 2.05) is 0 Å². The molecular weight excluding hydrogens is 442 g/mol. The number of oxazole rings is 1. The highest BCUT2D eigenvalue weighted by atomic mass is 16.3. The van der Waals surface area contributed by atoms with Crippen LogP contribution in [0.3, 0.4) is 0 Å². The lowest BCUT2D eigenvalue weighted by Gasteiger charge is -2.18. The van der Waals surface area contributed by atoms with E-state index in [-0.39, 0.29) is 5.41 Å². The minimum absolute atomic E-state index is 0.172. The molecule has 0 radical (unpaired) electrons. The van der Waals surface area contributed by atoms with Crippen LogP contribution in [0.5, 0.6) is 0 Å². The molecular formula is C32H38N3O+. The van der Waals surface area contributed by atoms with Crippen molar-refractivity contribution in [1.82, 2.24) is 9.55 Å². The van der Waals surface area contributed by atoms with Crippen molar-refractivity contribution in [2.45, 2.75) is 72.6 Å². The summed E-state index contributed by atoms with van der Waals surface area (Å²) in [6.45, 7) is 17.8. The lowest BCUT2D eigenvalue weighted by Crippen LogP contribution is -2.30. The van der Waals surface area contributed by atoms with Crippen molar-refractivity contribution < 1.29 is 8.98 Å². The summed E-state index contributed by atoms with van der Waals surface area (Å²) in [6.07, 6.45) is 0. The topological polar surface area (TPSA) is 34.8 Å². The number of rotatable bonds is 4. The van der Waals surface area contributed by atoms with Gasteiger partial charge < -0.3 is 4.42 Å². The van der Waals surface area contributed by atoms with Gasteiger partial charge in [-0.15, -0.1) is 0 Å². The zero-order chi connectivity index (χ0) is 25.9. The first kappa shape index (κ1) is 24.3. The van der Waals surface area contributed by atoms with E-state index in [0.29, 0.717) is 11.8 Å². The molecule has 5 rings (SSSR count). The number of aryl methyl sites for hydroxylation is 2. The Morgan fingerprint density at radius 1 is 0.861 bits per heavy atom. The Kier molecular flexibility index (Phi) is 5.82. The maximum absolute atomic E-state index is 6.56. The van der Waals surface area contributed by atoms with Gasteiger partial charge in [0.1, 0.15) is 16.8 Å². The average Bonchev–Trinajstić information content (AvgIpc) is 3.38. The number of nitrogens with zero attached hydrogens (tertiary/aromatic N) is 3. The van der Waals surface area contributed by atoms with Crippen LogP contribution in [0.25, 0.3) is 39.2 Å². The van der Waals surface area contributed by atoms with Crippen LogP contribution in [-0.2, 0) is 12.5 Å². The highest BCUT2D eigenvalue weighted by Gasteiger charge is 2.34. The number of aromatic nitrogens is 3. The fraction of sp³-hybridized carbons (Fsp3) is 0.375. The molecule has 36 heavy (non-hydrogen) atoms. The zero-order valence-corrected chi connectivity index (χ0v) is 23.1. The van der Waals surface area contributed by atoms with Gasteiger partial charge in [-0.25, -0.2) is 9.55 Å². The minimum atomic E-state index is -0.172. The fourth-order valence-electron chi connectivity index (χ4n) is 5.28. The molecule has 0 saturated carbocycles. The quantitative estimate of drug-likeness (QED) is 0.243. The summed E-state index contributed by atoms with van der Waals surface area (Å²) in [5.41, 5.74) is 10.2. The highest BCUT2D eigenvalue weighted by Crippen LogP contribution is 2.40. The van der Waals surface area contributed by atoms with Gasteiger partial charge in [0.15, 0.2) is 16.6 Å². The van der Waals surface area contributed by atoms with Crippen LogP contribution in [0.4, 0.5) is 0 Å². The molecule has 0 atom stereocenters. The van der Waals surface area contributed by atoms with Gasteiger partial charge in [0.2, 0.25) is 5.89 Å². The second-order valence-electron chi connectivity index (χ2n) is 11.7. The number of para-hydroxylation sites is 3. The summed E-state index contributed by atoms with van der Waals surface area (Å²) in [5.74, 6) is 2.64. The van der Waals surface area contributed by atoms with Crippen LogP contribution >= 0.6 is 0 Å². The molecule has 4 nitrogen and oxygen atoms in total. The van der Waals surface area contributed by atoms with Gasteiger partial charge >= 0.3 is 0 Å². The number of hydrogen-bond acceptors (Lipinski definition) is 2. The third-order valence-corrected chi connectivity index (χ3v) is 7.21. The SMILES string of the molecule is Cc1ccc2nc(C(C)(C)C)oc2c1-c1n(-c2c(C(C)C)cccc2C(C)C)c2ccccc2[n+]1C. The van der Waals surface area contributed by atoms with Gasteiger partial charge in [-0.2, -0.15) is 4.57 Å². The Morgan fingerprint density at radius 2 is 1.50 bits per heavy atom. The van der Waals surface area contributed by atoms with Gasteiger partial charge in [0, 0.05) is 16.5 Å². The summed E-state index contributed by atoms with van der Waals surface area (Å²) >= 11 is 0. The molecule has 5 aromatic rings. The fourth-order valence-corrected chi connectivity index (χ4v) is 5.28. The Balaban J connectivity index is 1.99. The first-order valence-electron chi connectivity index (χ1n) is 13.0. The van der Waals surface area contributed by atoms with E-state index in [4.69, 9.17) is 9.40 Å². The second-order valence-corrected chi connectivity index (χ2v) is 11.7. The standard InChI is InChI=1S/C32H38N3O/c1-19(2)22-13-12-14-23(20(3)4)28(22)35-26-16-11-10-15-25(26)34(9)30(35)27-21(5)17-18-24-29(27)36-31(33-24)32(6,7)8/h10-20H,1-9H3/q+1. The van der Waals surface area contributed by atoms with Crippen molar-refractivity contribution >= 4 is 22.1 Å². The van der Waals surface area contributed by atoms with Gasteiger partial charge in [-0.3, -0.25) is 0 Å². The van der Waals surface area contributed by atoms with E-state index in [0.717, 1.165) is 28.4 Å². The van der Waals surface area contributed by atoms with Crippen molar-refractivity contribution in [3.05, 3.63) is 77.2 Å². The van der Waals surface area contributed by atoms with Gasteiger partial charge in [0.05, 0.1) is 7.05 Å². The third kappa shape index (κ3) is 3.75. The molecule has 4 heteroatoms. The minimum Gasteiger partial charge on any atom is -0.439 e. The number of imidazole rings is 1. The normalized spacial score (nSPS) is 12.5. The molecule has 2 aromatic heterocycles. The maximum atomic E-state index is 6.56. The monoisotopic (exact) mass is 480 g/mol. The first-order valence-corrected chi connectivity index (χ1v) is 13.0. The molecule has 2 heterocycles.